The van der Waals surface area contributed by atoms with Crippen LogP contribution < -0.4 is 5.32 Å². The molecule has 4 heteroatoms. The van der Waals surface area contributed by atoms with Crippen molar-refractivity contribution in [1.29, 1.82) is 0 Å². The minimum Gasteiger partial charge on any atom is -0.444 e. The number of nitrogens with zero attached hydrogens (tertiary/aromatic N) is 1. The summed E-state index contributed by atoms with van der Waals surface area (Å²) in [6, 6.07) is 6.27. The van der Waals surface area contributed by atoms with Crippen LogP contribution >= 0.6 is 0 Å². The standard InChI is InChI=1S/C17H22N2O2/c1-5-8-18-10-13-6-7-14-11-19(12-15(14)9-13)16(20)21-17(2,3)4/h1,6-7,9,18H,8,10-12H2,2-4H3. The van der Waals surface area contributed by atoms with Crippen molar-refractivity contribution >= 4 is 6.09 Å². The molecule has 1 aliphatic rings. The topological polar surface area (TPSA) is 41.6 Å². The number of carbonyl (C=O) groups is 1. The van der Waals surface area contributed by atoms with E-state index >= 15 is 0 Å². The number of terminal acetylenes is 1. The van der Waals surface area contributed by atoms with Gasteiger partial charge in [0.05, 0.1) is 6.54 Å². The molecule has 4 nitrogen and oxygen atoms in total. The Labute approximate surface area is 126 Å². The Kier molecular flexibility index (Phi) is 4.54. The minimum atomic E-state index is -0.462. The highest BCUT2D eigenvalue weighted by Gasteiger charge is 2.27. The summed E-state index contributed by atoms with van der Waals surface area (Å²) < 4.78 is 5.42. The fraction of sp³-hybridized carbons (Fsp3) is 0.471. The van der Waals surface area contributed by atoms with E-state index in [2.05, 4.69) is 29.4 Å². The molecule has 0 aliphatic carbocycles. The number of ether oxygens (including phenoxy) is 1. The van der Waals surface area contributed by atoms with Gasteiger partial charge in [-0.15, -0.1) is 6.42 Å². The van der Waals surface area contributed by atoms with E-state index in [4.69, 9.17) is 11.2 Å². The van der Waals surface area contributed by atoms with Crippen molar-refractivity contribution in [2.75, 3.05) is 6.54 Å². The van der Waals surface area contributed by atoms with E-state index in [1.165, 1.54) is 16.7 Å². The van der Waals surface area contributed by atoms with Crippen LogP contribution in [-0.4, -0.2) is 23.1 Å². The van der Waals surface area contributed by atoms with Crippen molar-refractivity contribution in [3.05, 3.63) is 34.9 Å². The van der Waals surface area contributed by atoms with Crippen molar-refractivity contribution in [1.82, 2.24) is 10.2 Å². The van der Waals surface area contributed by atoms with Crippen LogP contribution in [0.4, 0.5) is 4.79 Å². The fourth-order valence-corrected chi connectivity index (χ4v) is 2.29. The zero-order chi connectivity index (χ0) is 15.5. The molecule has 21 heavy (non-hydrogen) atoms. The smallest absolute Gasteiger partial charge is 0.410 e. The van der Waals surface area contributed by atoms with Gasteiger partial charge >= 0.3 is 6.09 Å². The first-order valence-electron chi connectivity index (χ1n) is 7.12. The van der Waals surface area contributed by atoms with Gasteiger partial charge in [0.1, 0.15) is 5.60 Å². The molecule has 0 saturated heterocycles. The molecule has 1 aliphatic heterocycles. The Balaban J connectivity index is 1.99. The van der Waals surface area contributed by atoms with E-state index in [-0.39, 0.29) is 6.09 Å². The number of rotatable bonds is 3. The fourth-order valence-electron chi connectivity index (χ4n) is 2.29. The second-order valence-corrected chi connectivity index (χ2v) is 6.25. The Morgan fingerprint density at radius 2 is 2.10 bits per heavy atom. The number of benzene rings is 1. The molecule has 2 rings (SSSR count). The first-order chi connectivity index (χ1) is 9.89. The lowest BCUT2D eigenvalue weighted by Crippen LogP contribution is -2.33. The largest absolute Gasteiger partial charge is 0.444 e. The molecule has 0 atom stereocenters. The van der Waals surface area contributed by atoms with E-state index in [0.29, 0.717) is 19.6 Å². The van der Waals surface area contributed by atoms with Crippen molar-refractivity contribution in [2.45, 2.75) is 46.0 Å². The number of hydrogen-bond donors (Lipinski definition) is 1. The van der Waals surface area contributed by atoms with Crippen LogP contribution in [0.1, 0.15) is 37.5 Å². The average molecular weight is 286 g/mol. The summed E-state index contributed by atoms with van der Waals surface area (Å²) in [6.07, 6.45) is 4.96. The highest BCUT2D eigenvalue weighted by atomic mass is 16.6. The van der Waals surface area contributed by atoms with Gasteiger partial charge in [0.2, 0.25) is 0 Å². The van der Waals surface area contributed by atoms with Crippen LogP contribution in [0.3, 0.4) is 0 Å². The van der Waals surface area contributed by atoms with Crippen LogP contribution in [0.2, 0.25) is 0 Å². The van der Waals surface area contributed by atoms with E-state index < -0.39 is 5.60 Å². The molecule has 0 spiro atoms. The minimum absolute atomic E-state index is 0.259. The Morgan fingerprint density at radius 1 is 1.38 bits per heavy atom. The number of hydrogen-bond acceptors (Lipinski definition) is 3. The SMILES string of the molecule is C#CCNCc1ccc2c(c1)CN(C(=O)OC(C)(C)C)C2. The van der Waals surface area contributed by atoms with Gasteiger partial charge in [0.15, 0.2) is 0 Å². The first kappa shape index (κ1) is 15.4. The normalized spacial score (nSPS) is 13.7. The highest BCUT2D eigenvalue weighted by molar-refractivity contribution is 5.69. The van der Waals surface area contributed by atoms with Crippen LogP contribution in [-0.2, 0) is 24.4 Å². The lowest BCUT2D eigenvalue weighted by Gasteiger charge is -2.24. The van der Waals surface area contributed by atoms with Crippen molar-refractivity contribution in [2.24, 2.45) is 0 Å². The third kappa shape index (κ3) is 4.24. The van der Waals surface area contributed by atoms with Crippen molar-refractivity contribution in [3.8, 4) is 12.3 Å². The third-order valence-electron chi connectivity index (χ3n) is 3.20. The molecular formula is C17H22N2O2. The summed E-state index contributed by atoms with van der Waals surface area (Å²) in [7, 11) is 0. The summed E-state index contributed by atoms with van der Waals surface area (Å²) in [5.74, 6) is 2.55. The predicted octanol–water partition coefficient (Wildman–Crippen LogP) is 2.66. The Hall–Kier alpha value is -1.99. The monoisotopic (exact) mass is 286 g/mol. The summed E-state index contributed by atoms with van der Waals surface area (Å²) in [5.41, 5.74) is 3.08. The van der Waals surface area contributed by atoms with Gasteiger partial charge in [-0.1, -0.05) is 24.1 Å². The molecule has 0 saturated carbocycles. The molecule has 1 amide bonds. The number of nitrogens with one attached hydrogen (secondary N) is 1. The molecule has 1 aromatic rings. The van der Waals surface area contributed by atoms with Gasteiger partial charge in [-0.25, -0.2) is 4.79 Å². The zero-order valence-corrected chi connectivity index (χ0v) is 12.9. The zero-order valence-electron chi connectivity index (χ0n) is 12.9. The Bertz CT molecular complexity index is 567. The molecule has 1 N–H and O–H groups in total. The van der Waals surface area contributed by atoms with Gasteiger partial charge in [-0.05, 0) is 37.5 Å². The highest BCUT2D eigenvalue weighted by Crippen LogP contribution is 2.25. The predicted molar refractivity (Wildman–Crippen MR) is 82.5 cm³/mol. The molecular weight excluding hydrogens is 264 g/mol. The number of fused-ring (bicyclic) bond motifs is 1. The lowest BCUT2D eigenvalue weighted by molar-refractivity contribution is 0.0242. The average Bonchev–Trinajstić information content (AvgIpc) is 2.80. The van der Waals surface area contributed by atoms with Gasteiger partial charge < -0.3 is 10.1 Å². The molecule has 0 radical (unpaired) electrons. The molecule has 1 heterocycles. The molecule has 0 bridgehead atoms. The molecule has 0 unspecified atom stereocenters. The number of amides is 1. The number of carbonyl (C=O) groups excluding carboxylic acids is 1. The summed E-state index contributed by atoms with van der Waals surface area (Å²) in [4.78, 5) is 13.8. The van der Waals surface area contributed by atoms with Crippen molar-refractivity contribution in [3.63, 3.8) is 0 Å². The summed E-state index contributed by atoms with van der Waals surface area (Å²) in [5, 5.41) is 3.17. The lowest BCUT2D eigenvalue weighted by atomic mass is 10.1. The van der Waals surface area contributed by atoms with Crippen LogP contribution in [0.15, 0.2) is 18.2 Å². The summed E-state index contributed by atoms with van der Waals surface area (Å²) >= 11 is 0. The quantitative estimate of drug-likeness (QED) is 0.686. The molecule has 0 aromatic heterocycles. The maximum absolute atomic E-state index is 12.1. The third-order valence-corrected chi connectivity index (χ3v) is 3.20. The second-order valence-electron chi connectivity index (χ2n) is 6.25. The van der Waals surface area contributed by atoms with E-state index in [1.54, 1.807) is 4.90 Å². The maximum Gasteiger partial charge on any atom is 0.410 e. The Morgan fingerprint density at radius 3 is 2.76 bits per heavy atom. The van der Waals surface area contributed by atoms with E-state index in [1.807, 2.05) is 20.8 Å². The van der Waals surface area contributed by atoms with E-state index in [0.717, 1.165) is 6.54 Å². The first-order valence-corrected chi connectivity index (χ1v) is 7.12. The van der Waals surface area contributed by atoms with Crippen molar-refractivity contribution < 1.29 is 9.53 Å². The second kappa shape index (κ2) is 6.19. The van der Waals surface area contributed by atoms with Crippen LogP contribution in [0, 0.1) is 12.3 Å². The molecule has 0 fully saturated rings. The molecule has 112 valence electrons. The van der Waals surface area contributed by atoms with Crippen LogP contribution in [0.25, 0.3) is 0 Å². The van der Waals surface area contributed by atoms with Gasteiger partial charge in [-0.3, -0.25) is 4.90 Å². The maximum atomic E-state index is 12.1. The summed E-state index contributed by atoms with van der Waals surface area (Å²) in [6.45, 7) is 8.15. The van der Waals surface area contributed by atoms with Gasteiger partial charge in [-0.2, -0.15) is 0 Å². The van der Waals surface area contributed by atoms with E-state index in [9.17, 15) is 4.79 Å². The van der Waals surface area contributed by atoms with Crippen LogP contribution in [0.5, 0.6) is 0 Å². The van der Waals surface area contributed by atoms with Gasteiger partial charge in [0, 0.05) is 19.6 Å². The molecule has 1 aromatic carbocycles. The van der Waals surface area contributed by atoms with Gasteiger partial charge in [0.25, 0.3) is 0 Å².